The normalized spacial score (nSPS) is 12.0. The van der Waals surface area contributed by atoms with Crippen LogP contribution in [0.25, 0.3) is 0 Å². The van der Waals surface area contributed by atoms with Gasteiger partial charge in [-0.05, 0) is 97.9 Å². The molecule has 0 radical (unpaired) electrons. The van der Waals surface area contributed by atoms with E-state index in [2.05, 4.69) is 77.9 Å². The summed E-state index contributed by atoms with van der Waals surface area (Å²) in [6.07, 6.45) is 44.7. The summed E-state index contributed by atoms with van der Waals surface area (Å²) in [4.78, 5) is 11.0. The van der Waals surface area contributed by atoms with Crippen LogP contribution in [0.3, 0.4) is 0 Å². The molecule has 0 heterocycles. The van der Waals surface area contributed by atoms with E-state index in [0.29, 0.717) is 0 Å². The van der Waals surface area contributed by atoms with Crippen LogP contribution in [0.2, 0.25) is 0 Å². The number of aryl methyl sites for hydroxylation is 4. The zero-order chi connectivity index (χ0) is 40.3. The first kappa shape index (κ1) is 53.3. The van der Waals surface area contributed by atoms with Gasteiger partial charge in [-0.3, -0.25) is 9.98 Å². The number of nitrogens with zero attached hydrogens (tertiary/aromatic N) is 2. The van der Waals surface area contributed by atoms with Crippen LogP contribution in [0.5, 0.6) is 0 Å². The van der Waals surface area contributed by atoms with Crippen molar-refractivity contribution in [2.75, 3.05) is 0 Å². The average Bonchev–Trinajstić information content (AvgIpc) is 3.20. The molecular weight excluding hydrogens is 735 g/mol. The molecule has 0 N–H and O–H groups in total. The van der Waals surface area contributed by atoms with E-state index in [1.165, 1.54) is 213 Å². The molecule has 2 aromatic rings. The first-order valence-corrected chi connectivity index (χ1v) is 25.0. The first-order chi connectivity index (χ1) is 27.6. The van der Waals surface area contributed by atoms with Crippen LogP contribution in [0.4, 0.5) is 11.4 Å². The summed E-state index contributed by atoms with van der Waals surface area (Å²) < 4.78 is 0. The molecule has 0 unspecified atom stereocenters. The predicted octanol–water partition coefficient (Wildman–Crippen LogP) is 18.5. The molecule has 0 saturated carbocycles. The molecule has 328 valence electrons. The van der Waals surface area contributed by atoms with E-state index in [4.69, 9.17) is 9.98 Å². The van der Waals surface area contributed by atoms with Crippen molar-refractivity contribution in [3.05, 3.63) is 58.7 Å². The van der Waals surface area contributed by atoms with Crippen LogP contribution in [0.1, 0.15) is 256 Å². The van der Waals surface area contributed by atoms with Gasteiger partial charge in [-0.25, -0.2) is 0 Å². The second kappa shape index (κ2) is 37.3. The van der Waals surface area contributed by atoms with Gasteiger partial charge in [0.25, 0.3) is 0 Å². The van der Waals surface area contributed by atoms with Crippen LogP contribution in [0.15, 0.2) is 46.4 Å². The van der Waals surface area contributed by atoms with Crippen molar-refractivity contribution >= 4 is 22.8 Å². The molecule has 0 aliphatic heterocycles. The maximum Gasteiger partial charge on any atom is 0.0636 e. The first-order valence-electron chi connectivity index (χ1n) is 25.0. The SMILES string of the molecule is CCCCCCCCCCCCCCCCCCCCCCC(=N\c1ccc(CCC)c(CCC)c1)/C(CCCCCC)=N/c1ccc(CCC)c(CCC)c1.[Ni]. The third-order valence-electron chi connectivity index (χ3n) is 11.9. The molecule has 0 aliphatic carbocycles. The fourth-order valence-corrected chi connectivity index (χ4v) is 8.50. The Balaban J connectivity index is 0.0000162. The number of hydrogen-bond acceptors (Lipinski definition) is 2. The van der Waals surface area contributed by atoms with Crippen LogP contribution in [-0.2, 0) is 42.2 Å². The Morgan fingerprint density at radius 1 is 0.316 bits per heavy atom. The molecule has 0 fully saturated rings. The second-order valence-electron chi connectivity index (χ2n) is 17.3. The van der Waals surface area contributed by atoms with Crippen LogP contribution < -0.4 is 0 Å². The summed E-state index contributed by atoms with van der Waals surface area (Å²) in [6.45, 7) is 13.8. The van der Waals surface area contributed by atoms with Gasteiger partial charge in [0, 0.05) is 16.5 Å². The van der Waals surface area contributed by atoms with Gasteiger partial charge < -0.3 is 0 Å². The molecule has 0 saturated heterocycles. The van der Waals surface area contributed by atoms with Crippen LogP contribution >= 0.6 is 0 Å². The Kier molecular flexibility index (Phi) is 34.9. The third-order valence-corrected chi connectivity index (χ3v) is 11.9. The van der Waals surface area contributed by atoms with Crippen molar-refractivity contribution in [2.24, 2.45) is 9.98 Å². The van der Waals surface area contributed by atoms with Crippen LogP contribution in [-0.4, -0.2) is 11.4 Å². The largest absolute Gasteiger partial charge is 0.252 e. The molecule has 0 spiro atoms. The maximum atomic E-state index is 5.51. The molecule has 0 aliphatic rings. The zero-order valence-corrected chi connectivity index (χ0v) is 39.7. The summed E-state index contributed by atoms with van der Waals surface area (Å²) in [5.74, 6) is 0. The van der Waals surface area contributed by atoms with Gasteiger partial charge >= 0.3 is 0 Å². The molecule has 3 heteroatoms. The molecule has 0 aromatic heterocycles. The topological polar surface area (TPSA) is 24.7 Å². The fourth-order valence-electron chi connectivity index (χ4n) is 8.50. The molecule has 2 nitrogen and oxygen atoms in total. The number of benzene rings is 2. The number of unbranched alkanes of at least 4 members (excludes halogenated alkanes) is 22. The minimum atomic E-state index is 0. The van der Waals surface area contributed by atoms with Crippen molar-refractivity contribution < 1.29 is 16.5 Å². The quantitative estimate of drug-likeness (QED) is 0.0368. The van der Waals surface area contributed by atoms with E-state index in [9.17, 15) is 0 Å². The summed E-state index contributed by atoms with van der Waals surface area (Å²) in [5, 5.41) is 0. The zero-order valence-electron chi connectivity index (χ0n) is 38.7. The Bertz CT molecular complexity index is 1290. The summed E-state index contributed by atoms with van der Waals surface area (Å²) in [5.41, 5.74) is 10.7. The van der Waals surface area contributed by atoms with Crippen molar-refractivity contribution in [3.8, 4) is 0 Å². The molecule has 2 rings (SSSR count). The maximum absolute atomic E-state index is 5.51. The Labute approximate surface area is 366 Å². The summed E-state index contributed by atoms with van der Waals surface area (Å²) in [7, 11) is 0. The van der Waals surface area contributed by atoms with E-state index in [-0.39, 0.29) is 16.5 Å². The molecular formula is C54H92N2Ni. The third kappa shape index (κ3) is 25.5. The molecule has 0 amide bonds. The standard InChI is InChI=1S/C54H92N2.Ni/c1-7-13-15-17-18-19-20-21-22-23-24-25-26-27-28-29-30-31-32-34-40-54(56-52-44-42-48(36-10-4)50(46-52)38-12-6)53(39-33-16-14-8-2)55-51-43-41-47(35-9-3)49(45-51)37-11-5;/h41-46H,7-40H2,1-6H3;/b55-53+,56-54+;. The van der Waals surface area contributed by atoms with Crippen molar-refractivity contribution in [1.29, 1.82) is 0 Å². The molecule has 0 bridgehead atoms. The van der Waals surface area contributed by atoms with Gasteiger partial charge in [0.05, 0.1) is 22.8 Å². The predicted molar refractivity (Wildman–Crippen MR) is 254 cm³/mol. The minimum absolute atomic E-state index is 0. The molecule has 57 heavy (non-hydrogen) atoms. The van der Waals surface area contributed by atoms with Crippen LogP contribution in [0, 0.1) is 0 Å². The van der Waals surface area contributed by atoms with Gasteiger partial charge in [0.1, 0.15) is 0 Å². The summed E-state index contributed by atoms with van der Waals surface area (Å²) >= 11 is 0. The van der Waals surface area contributed by atoms with Gasteiger partial charge in [-0.15, -0.1) is 0 Å². The smallest absolute Gasteiger partial charge is 0.0636 e. The monoisotopic (exact) mass is 827 g/mol. The van der Waals surface area contributed by atoms with E-state index in [1.807, 2.05) is 0 Å². The van der Waals surface area contributed by atoms with E-state index in [1.54, 1.807) is 0 Å². The number of aliphatic imine (C=N–C) groups is 2. The molecule has 0 atom stereocenters. The Morgan fingerprint density at radius 2 is 0.579 bits per heavy atom. The van der Waals surface area contributed by atoms with Crippen molar-refractivity contribution in [1.82, 2.24) is 0 Å². The number of hydrogen-bond donors (Lipinski definition) is 0. The minimum Gasteiger partial charge on any atom is -0.252 e. The second-order valence-corrected chi connectivity index (χ2v) is 17.3. The van der Waals surface area contributed by atoms with Gasteiger partial charge in [-0.1, -0.05) is 221 Å². The van der Waals surface area contributed by atoms with Gasteiger partial charge in [-0.2, -0.15) is 0 Å². The fraction of sp³-hybridized carbons (Fsp3) is 0.741. The Hall–Kier alpha value is -1.73. The van der Waals surface area contributed by atoms with E-state index in [0.717, 1.165) is 49.9 Å². The molecule has 2 aromatic carbocycles. The van der Waals surface area contributed by atoms with E-state index < -0.39 is 0 Å². The van der Waals surface area contributed by atoms with Crippen molar-refractivity contribution in [2.45, 2.75) is 260 Å². The van der Waals surface area contributed by atoms with Crippen molar-refractivity contribution in [3.63, 3.8) is 0 Å². The number of rotatable bonds is 37. The van der Waals surface area contributed by atoms with Gasteiger partial charge in [0.15, 0.2) is 0 Å². The Morgan fingerprint density at radius 3 is 0.877 bits per heavy atom. The average molecular weight is 828 g/mol. The summed E-state index contributed by atoms with van der Waals surface area (Å²) in [6, 6.07) is 14.1. The van der Waals surface area contributed by atoms with Gasteiger partial charge in [0.2, 0.25) is 0 Å². The van der Waals surface area contributed by atoms with E-state index >= 15 is 0 Å².